The maximum Gasteiger partial charge on any atom is 0.500 e. The van der Waals surface area contributed by atoms with Crippen LogP contribution in [-0.2, 0) is 13.3 Å². The molecule has 2 aliphatic rings. The third-order valence-electron chi connectivity index (χ3n) is 6.95. The Morgan fingerprint density at radius 3 is 2.02 bits per heavy atom. The van der Waals surface area contributed by atoms with Crippen molar-refractivity contribution in [2.45, 2.75) is 33.2 Å². The van der Waals surface area contributed by atoms with E-state index in [4.69, 9.17) is 68.8 Å². The van der Waals surface area contributed by atoms with Crippen molar-refractivity contribution in [2.24, 2.45) is 0 Å². The highest BCUT2D eigenvalue weighted by Gasteiger charge is 2.40. The molecule has 264 valence electrons. The molecule has 2 N–H and O–H groups in total. The van der Waals surface area contributed by atoms with Crippen LogP contribution < -0.4 is 15.5 Å². The zero-order valence-corrected chi connectivity index (χ0v) is 36.0. The summed E-state index contributed by atoms with van der Waals surface area (Å²) in [6.45, 7) is 7.11. The Hall–Kier alpha value is -0.953. The van der Waals surface area contributed by atoms with Crippen LogP contribution in [0.3, 0.4) is 0 Å². The molecular weight excluding hydrogens is 1010 g/mol. The molecule has 0 spiro atoms. The molecule has 1 heterocycles. The van der Waals surface area contributed by atoms with Crippen LogP contribution in [0.15, 0.2) is 39.2 Å². The fraction of sp³-hybridized carbons (Fsp3) is 0.300. The molecule has 0 fully saturated rings. The van der Waals surface area contributed by atoms with Gasteiger partial charge in [-0.05, 0) is 103 Å². The van der Waals surface area contributed by atoms with Crippen LogP contribution >= 0.6 is 110 Å². The number of halogens is 8. The molecular formula is C30H25Br4Cl4NO9Si. The van der Waals surface area contributed by atoms with Crippen LogP contribution in [0.25, 0.3) is 33.4 Å². The summed E-state index contributed by atoms with van der Waals surface area (Å²) < 4.78 is 30.1. The summed E-state index contributed by atoms with van der Waals surface area (Å²) in [5.41, 5.74) is -0.471. The van der Waals surface area contributed by atoms with Crippen molar-refractivity contribution >= 4 is 142 Å². The summed E-state index contributed by atoms with van der Waals surface area (Å²) in [4.78, 5) is 38.6. The number of carbonyl (C=O) groups excluding carboxylic acids is 1. The van der Waals surface area contributed by atoms with Gasteiger partial charge in [0, 0.05) is 54.5 Å². The second-order valence-electron chi connectivity index (χ2n) is 9.95. The largest absolute Gasteiger partial charge is 0.500 e. The van der Waals surface area contributed by atoms with E-state index in [0.717, 1.165) is 0 Å². The number of amides is 1. The Kier molecular flexibility index (Phi) is 14.4. The molecule has 4 rings (SSSR count). The first kappa shape index (κ1) is 40.8. The molecule has 0 saturated heterocycles. The number of ether oxygens (including phenoxy) is 1. The van der Waals surface area contributed by atoms with Crippen molar-refractivity contribution in [3.63, 3.8) is 0 Å². The van der Waals surface area contributed by atoms with Gasteiger partial charge in [0.05, 0.1) is 34.6 Å². The molecule has 2 aromatic carbocycles. The Morgan fingerprint density at radius 1 is 0.857 bits per heavy atom. The van der Waals surface area contributed by atoms with E-state index in [0.29, 0.717) is 32.3 Å². The lowest BCUT2D eigenvalue weighted by Gasteiger charge is -2.28. The number of hydrogen-bond donors (Lipinski definition) is 2. The Balaban J connectivity index is 1.84. The van der Waals surface area contributed by atoms with Crippen molar-refractivity contribution in [3.8, 4) is 28.2 Å². The van der Waals surface area contributed by atoms with E-state index in [1.54, 1.807) is 6.07 Å². The molecule has 0 aromatic heterocycles. The van der Waals surface area contributed by atoms with Gasteiger partial charge >= 0.3 is 20.9 Å². The standard InChI is InChI=1S/C30H25Br4Cl4NO9Si/c1-4-44-49(45-5-2,46-6-3)9-7-8-39-30(43)48-28-15(32)11-13-16(17-18(29(41)42)22(36)24(38)23(37)21(17)35)12-10-14(31)25(40)19(33)26(12)47-27(13)20(28)34/h10-11H,4-9H2,1-3H3,(H,39,43)(H,41,42). The van der Waals surface area contributed by atoms with Crippen molar-refractivity contribution < 1.29 is 37.1 Å². The molecule has 2 aromatic rings. The van der Waals surface area contributed by atoms with Crippen molar-refractivity contribution in [2.75, 3.05) is 26.4 Å². The number of hydrogen-bond acceptors (Lipinski definition) is 8. The number of fused-ring (bicyclic) bond motifs is 2. The zero-order valence-electron chi connectivity index (χ0n) is 25.6. The molecule has 0 bridgehead atoms. The molecule has 0 saturated carbocycles. The average molecular weight is 1030 g/mol. The van der Waals surface area contributed by atoms with Gasteiger partial charge in [0.25, 0.3) is 0 Å². The van der Waals surface area contributed by atoms with Gasteiger partial charge in [-0.3, -0.25) is 4.79 Å². The van der Waals surface area contributed by atoms with E-state index in [9.17, 15) is 19.5 Å². The minimum atomic E-state index is -2.90. The predicted molar refractivity (Wildman–Crippen MR) is 206 cm³/mol. The van der Waals surface area contributed by atoms with E-state index >= 15 is 0 Å². The van der Waals surface area contributed by atoms with Gasteiger partial charge in [-0.1, -0.05) is 46.4 Å². The predicted octanol–water partition coefficient (Wildman–Crippen LogP) is 11.5. The minimum absolute atomic E-state index is 0.0139. The lowest BCUT2D eigenvalue weighted by Crippen LogP contribution is -2.46. The van der Waals surface area contributed by atoms with Gasteiger partial charge < -0.3 is 32.9 Å². The minimum Gasteiger partial charge on any atom is -0.478 e. The van der Waals surface area contributed by atoms with E-state index in [1.165, 1.54) is 6.07 Å². The van der Waals surface area contributed by atoms with Crippen LogP contribution in [0, 0.1) is 0 Å². The topological polar surface area (TPSA) is 134 Å². The van der Waals surface area contributed by atoms with Crippen LogP contribution in [0.1, 0.15) is 37.6 Å². The van der Waals surface area contributed by atoms with Gasteiger partial charge in [-0.25, -0.2) is 9.59 Å². The van der Waals surface area contributed by atoms with Crippen LogP contribution in [-0.4, -0.2) is 52.3 Å². The molecule has 0 unspecified atom stereocenters. The molecule has 1 aliphatic heterocycles. The quantitative estimate of drug-likeness (QED) is 0.0441. The summed E-state index contributed by atoms with van der Waals surface area (Å²) in [6, 6.07) is 3.48. The Labute approximate surface area is 335 Å². The lowest BCUT2D eigenvalue weighted by atomic mass is 9.90. The fourth-order valence-corrected chi connectivity index (χ4v) is 11.2. The van der Waals surface area contributed by atoms with Crippen LogP contribution in [0.5, 0.6) is 5.75 Å². The number of rotatable bonds is 13. The molecule has 0 radical (unpaired) electrons. The van der Waals surface area contributed by atoms with Gasteiger partial charge in [0.2, 0.25) is 5.43 Å². The number of aromatic carboxylic acids is 1. The second kappa shape index (κ2) is 17.2. The molecule has 19 heteroatoms. The molecule has 1 aliphatic carbocycles. The Bertz CT molecular complexity index is 1960. The van der Waals surface area contributed by atoms with Gasteiger partial charge in [-0.2, -0.15) is 0 Å². The van der Waals surface area contributed by atoms with Gasteiger partial charge in [0.15, 0.2) is 17.1 Å². The van der Waals surface area contributed by atoms with Gasteiger partial charge in [-0.15, -0.1) is 0 Å². The van der Waals surface area contributed by atoms with Crippen molar-refractivity contribution in [3.05, 3.63) is 65.9 Å². The first-order valence-electron chi connectivity index (χ1n) is 14.4. The molecule has 10 nitrogen and oxygen atoms in total. The molecule has 0 atom stereocenters. The maximum atomic E-state index is 13.0. The number of carboxylic acids is 1. The van der Waals surface area contributed by atoms with E-state index in [2.05, 4.69) is 69.0 Å². The van der Waals surface area contributed by atoms with Crippen molar-refractivity contribution in [1.29, 1.82) is 0 Å². The van der Waals surface area contributed by atoms with E-state index < -0.39 is 31.9 Å². The highest BCUT2D eigenvalue weighted by Crippen LogP contribution is 2.54. The first-order valence-corrected chi connectivity index (χ1v) is 21.0. The number of carboxylic acid groups (broad SMARTS) is 1. The highest BCUT2D eigenvalue weighted by molar-refractivity contribution is 9.11. The number of benzene rings is 3. The summed E-state index contributed by atoms with van der Waals surface area (Å²) in [6.07, 6.45) is -0.288. The monoisotopic (exact) mass is 1030 g/mol. The molecule has 1 amide bonds. The summed E-state index contributed by atoms with van der Waals surface area (Å²) >= 11 is 39.3. The third-order valence-corrected chi connectivity index (χ3v) is 14.5. The van der Waals surface area contributed by atoms with Crippen molar-refractivity contribution in [1.82, 2.24) is 5.32 Å². The third kappa shape index (κ3) is 8.33. The van der Waals surface area contributed by atoms with E-state index in [1.807, 2.05) is 20.8 Å². The smallest absolute Gasteiger partial charge is 0.478 e. The first-order chi connectivity index (χ1) is 23.1. The second-order valence-corrected chi connectivity index (χ2v) is 17.5. The molecule has 49 heavy (non-hydrogen) atoms. The Morgan fingerprint density at radius 2 is 1.45 bits per heavy atom. The highest BCUT2D eigenvalue weighted by atomic mass is 79.9. The van der Waals surface area contributed by atoms with Crippen LogP contribution in [0.4, 0.5) is 4.79 Å². The van der Waals surface area contributed by atoms with Crippen LogP contribution in [0.2, 0.25) is 26.1 Å². The normalized spacial score (nSPS) is 11.8. The lowest BCUT2D eigenvalue weighted by molar-refractivity contribution is 0.0692. The zero-order chi connectivity index (χ0) is 36.4. The van der Waals surface area contributed by atoms with E-state index in [-0.39, 0.29) is 83.7 Å². The van der Waals surface area contributed by atoms with Gasteiger partial charge in [0.1, 0.15) is 8.95 Å². The summed E-state index contributed by atoms with van der Waals surface area (Å²) in [5.74, 6) is -1.40. The number of nitrogens with one attached hydrogen (secondary N) is 1. The summed E-state index contributed by atoms with van der Waals surface area (Å²) in [5, 5.41) is 12.3. The fourth-order valence-electron chi connectivity index (χ4n) is 5.04. The SMILES string of the molecule is CCO[Si](CCCNC(=O)Oc1c(Br)cc2c(-c3c(Cl)c(Cl)c(Cl)c(Cl)c3C(=O)O)c3cc(Br)c(=O)c(Br)c-3oc2c1Br)(OCC)OCC. The average Bonchev–Trinajstić information content (AvgIpc) is 3.04. The maximum absolute atomic E-state index is 13.0. The summed E-state index contributed by atoms with van der Waals surface area (Å²) in [7, 11) is -2.90. The number of carbonyl (C=O) groups is 2.